The Labute approximate surface area is 238 Å². The van der Waals surface area contributed by atoms with Gasteiger partial charge in [0.05, 0.1) is 23.4 Å². The summed E-state index contributed by atoms with van der Waals surface area (Å²) >= 11 is 0. The number of piperidine rings is 1. The Morgan fingerprint density at radius 3 is 2.66 bits per heavy atom. The number of fused-ring (bicyclic) bond motifs is 3. The predicted octanol–water partition coefficient (Wildman–Crippen LogP) is 4.45. The minimum Gasteiger partial charge on any atom is -0.368 e. The number of nitrogens with two attached hydrogens (primary N) is 1. The van der Waals surface area contributed by atoms with E-state index in [1.807, 2.05) is 24.7 Å². The van der Waals surface area contributed by atoms with E-state index in [9.17, 15) is 4.39 Å². The van der Waals surface area contributed by atoms with Crippen LogP contribution in [0.25, 0.3) is 33.7 Å². The van der Waals surface area contributed by atoms with Crippen molar-refractivity contribution in [3.8, 4) is 22.6 Å². The number of nitrogens with zero attached hydrogens (tertiary/aromatic N) is 7. The zero-order valence-corrected chi connectivity index (χ0v) is 23.0. The summed E-state index contributed by atoms with van der Waals surface area (Å²) in [6.45, 7) is 6.02. The van der Waals surface area contributed by atoms with E-state index in [1.165, 1.54) is 28.8 Å². The fourth-order valence-electron chi connectivity index (χ4n) is 6.53. The lowest BCUT2D eigenvalue weighted by molar-refractivity contribution is 0.183. The maximum absolute atomic E-state index is 13.6. The van der Waals surface area contributed by atoms with Crippen LogP contribution in [-0.4, -0.2) is 60.1 Å². The minimum absolute atomic E-state index is 0.220. The van der Waals surface area contributed by atoms with Crippen LogP contribution in [0.5, 0.6) is 0 Å². The van der Waals surface area contributed by atoms with E-state index in [-0.39, 0.29) is 17.8 Å². The highest BCUT2D eigenvalue weighted by Gasteiger charge is 2.26. The van der Waals surface area contributed by atoms with Gasteiger partial charge in [-0.15, -0.1) is 0 Å². The summed E-state index contributed by atoms with van der Waals surface area (Å²) in [5, 5.41) is 4.85. The molecule has 0 spiro atoms. The Bertz CT molecular complexity index is 1670. The standard InChI is InChI=1S/C31H34FN9/c32-22-6-4-21(5-7-22)28-29(26-9-14-36-31(33)38-26)41(20-37-28)23-10-17-39(18-11-23)15-2-16-40-27-19-34-13-8-24(27)25-3-1-12-35-30(25)40/h1,3-7,9,12,14,20,23,34H,2,8,10-11,13,15-19H2,(H2,33,36,38). The van der Waals surface area contributed by atoms with Crippen molar-refractivity contribution in [1.29, 1.82) is 0 Å². The molecule has 0 atom stereocenters. The first-order chi connectivity index (χ1) is 20.2. The summed E-state index contributed by atoms with van der Waals surface area (Å²) in [6.07, 6.45) is 9.66. The van der Waals surface area contributed by atoms with E-state index in [0.717, 1.165) is 93.2 Å². The van der Waals surface area contributed by atoms with Crippen molar-refractivity contribution in [3.05, 3.63) is 78.3 Å². The summed E-state index contributed by atoms with van der Waals surface area (Å²) < 4.78 is 18.3. The molecule has 0 bridgehead atoms. The van der Waals surface area contributed by atoms with Crippen LogP contribution in [0.1, 0.15) is 36.6 Å². The van der Waals surface area contributed by atoms with Gasteiger partial charge in [0.15, 0.2) is 0 Å². The lowest BCUT2D eigenvalue weighted by atomic mass is 10.0. The lowest BCUT2D eigenvalue weighted by Gasteiger charge is -2.33. The highest BCUT2D eigenvalue weighted by Crippen LogP contribution is 2.35. The Hall–Kier alpha value is -4.15. The van der Waals surface area contributed by atoms with Gasteiger partial charge in [-0.05, 0) is 86.8 Å². The fraction of sp³-hybridized carbons (Fsp3) is 0.355. The molecular formula is C31H34FN9. The lowest BCUT2D eigenvalue weighted by Crippen LogP contribution is -2.35. The summed E-state index contributed by atoms with van der Waals surface area (Å²) in [7, 11) is 0. The van der Waals surface area contributed by atoms with Gasteiger partial charge in [-0.3, -0.25) is 0 Å². The molecule has 10 heteroatoms. The van der Waals surface area contributed by atoms with E-state index in [2.05, 4.69) is 35.4 Å². The van der Waals surface area contributed by atoms with Gasteiger partial charge < -0.3 is 25.1 Å². The van der Waals surface area contributed by atoms with Gasteiger partial charge in [0.2, 0.25) is 5.95 Å². The molecule has 3 N–H and O–H groups in total. The van der Waals surface area contributed by atoms with E-state index in [1.54, 1.807) is 18.3 Å². The summed E-state index contributed by atoms with van der Waals surface area (Å²) in [5.41, 5.74) is 13.2. The second-order valence-electron chi connectivity index (χ2n) is 11.0. The Balaban J connectivity index is 1.05. The fourth-order valence-corrected chi connectivity index (χ4v) is 6.53. The first-order valence-electron chi connectivity index (χ1n) is 14.5. The first-order valence-corrected chi connectivity index (χ1v) is 14.5. The van der Waals surface area contributed by atoms with E-state index < -0.39 is 0 Å². The van der Waals surface area contributed by atoms with Crippen LogP contribution in [0.4, 0.5) is 10.3 Å². The van der Waals surface area contributed by atoms with Gasteiger partial charge in [-0.25, -0.2) is 24.3 Å². The number of hydrogen-bond donors (Lipinski definition) is 2. The molecule has 4 aromatic heterocycles. The third-order valence-electron chi connectivity index (χ3n) is 8.52. The third-order valence-corrected chi connectivity index (χ3v) is 8.52. The van der Waals surface area contributed by atoms with Crippen molar-refractivity contribution in [1.82, 2.24) is 39.3 Å². The quantitative estimate of drug-likeness (QED) is 0.308. The number of aryl methyl sites for hydroxylation is 1. The number of anilines is 1. The molecule has 1 aromatic carbocycles. The third kappa shape index (κ3) is 4.98. The molecule has 6 heterocycles. The number of hydrogen-bond acceptors (Lipinski definition) is 7. The number of imidazole rings is 1. The summed E-state index contributed by atoms with van der Waals surface area (Å²) in [5.74, 6) is -0.0518. The van der Waals surface area contributed by atoms with Gasteiger partial charge in [0, 0.05) is 61.3 Å². The molecule has 2 aliphatic rings. The molecule has 9 nitrogen and oxygen atoms in total. The molecule has 0 aliphatic carbocycles. The molecule has 0 saturated carbocycles. The Kier molecular flexibility index (Phi) is 6.93. The molecule has 0 radical (unpaired) electrons. The summed E-state index contributed by atoms with van der Waals surface area (Å²) in [6, 6.07) is 12.9. The van der Waals surface area contributed by atoms with Crippen LogP contribution >= 0.6 is 0 Å². The highest BCUT2D eigenvalue weighted by atomic mass is 19.1. The van der Waals surface area contributed by atoms with Crippen molar-refractivity contribution < 1.29 is 4.39 Å². The minimum atomic E-state index is -0.272. The van der Waals surface area contributed by atoms with Crippen molar-refractivity contribution in [2.24, 2.45) is 0 Å². The number of likely N-dealkylation sites (tertiary alicyclic amines) is 1. The normalized spacial score (nSPS) is 16.3. The topological polar surface area (TPSA) is 103 Å². The maximum Gasteiger partial charge on any atom is 0.220 e. The molecular weight excluding hydrogens is 517 g/mol. The molecule has 1 fully saturated rings. The smallest absolute Gasteiger partial charge is 0.220 e. The van der Waals surface area contributed by atoms with Crippen LogP contribution in [-0.2, 0) is 19.5 Å². The highest BCUT2D eigenvalue weighted by molar-refractivity contribution is 5.82. The van der Waals surface area contributed by atoms with Gasteiger partial charge in [-0.2, -0.15) is 0 Å². The average molecular weight is 552 g/mol. The molecule has 0 unspecified atom stereocenters. The average Bonchev–Trinajstić information content (AvgIpc) is 3.58. The van der Waals surface area contributed by atoms with Crippen molar-refractivity contribution in [2.45, 2.75) is 44.8 Å². The van der Waals surface area contributed by atoms with Gasteiger partial charge in [-0.1, -0.05) is 0 Å². The second kappa shape index (κ2) is 11.0. The number of pyridine rings is 1. The second-order valence-corrected chi connectivity index (χ2v) is 11.0. The molecule has 7 rings (SSSR count). The van der Waals surface area contributed by atoms with Crippen molar-refractivity contribution >= 4 is 17.0 Å². The number of benzene rings is 1. The molecule has 1 saturated heterocycles. The largest absolute Gasteiger partial charge is 0.368 e. The number of nitrogens with one attached hydrogen (secondary N) is 1. The molecule has 0 amide bonds. The van der Waals surface area contributed by atoms with E-state index in [0.29, 0.717) is 0 Å². The maximum atomic E-state index is 13.6. The zero-order valence-electron chi connectivity index (χ0n) is 23.0. The number of halogens is 1. The molecule has 210 valence electrons. The Morgan fingerprint density at radius 1 is 0.976 bits per heavy atom. The molecule has 2 aliphatic heterocycles. The predicted molar refractivity (Wildman–Crippen MR) is 158 cm³/mol. The van der Waals surface area contributed by atoms with Crippen molar-refractivity contribution in [3.63, 3.8) is 0 Å². The van der Waals surface area contributed by atoms with Crippen LogP contribution in [0.3, 0.4) is 0 Å². The van der Waals surface area contributed by atoms with Gasteiger partial charge in [0.1, 0.15) is 11.5 Å². The van der Waals surface area contributed by atoms with Crippen LogP contribution in [0.2, 0.25) is 0 Å². The van der Waals surface area contributed by atoms with E-state index >= 15 is 0 Å². The monoisotopic (exact) mass is 551 g/mol. The van der Waals surface area contributed by atoms with Crippen LogP contribution in [0.15, 0.2) is 61.2 Å². The van der Waals surface area contributed by atoms with Crippen LogP contribution in [0, 0.1) is 5.82 Å². The number of nitrogen functional groups attached to an aromatic ring is 1. The summed E-state index contributed by atoms with van der Waals surface area (Å²) in [4.78, 5) is 20.7. The zero-order chi connectivity index (χ0) is 27.8. The SMILES string of the molecule is Nc1nccc(-c2c(-c3ccc(F)cc3)ncn2C2CCN(CCCn3c4c(c5cccnc53)CCNC4)CC2)n1. The molecule has 5 aromatic rings. The molecule has 41 heavy (non-hydrogen) atoms. The van der Waals surface area contributed by atoms with Gasteiger partial charge in [0.25, 0.3) is 0 Å². The number of rotatable bonds is 7. The van der Waals surface area contributed by atoms with Gasteiger partial charge >= 0.3 is 0 Å². The first kappa shape index (κ1) is 25.8. The van der Waals surface area contributed by atoms with Crippen LogP contribution < -0.4 is 11.1 Å². The Morgan fingerprint density at radius 2 is 1.83 bits per heavy atom. The van der Waals surface area contributed by atoms with E-state index in [4.69, 9.17) is 15.7 Å². The van der Waals surface area contributed by atoms with Crippen molar-refractivity contribution in [2.75, 3.05) is 31.9 Å². The number of aromatic nitrogens is 6.